The van der Waals surface area contributed by atoms with Gasteiger partial charge < -0.3 is 10.0 Å². The Morgan fingerprint density at radius 1 is 1.39 bits per heavy atom. The highest BCUT2D eigenvalue weighted by Gasteiger charge is 2.37. The summed E-state index contributed by atoms with van der Waals surface area (Å²) in [6, 6.07) is 9.68. The van der Waals surface area contributed by atoms with Crippen molar-refractivity contribution in [1.29, 1.82) is 0 Å². The van der Waals surface area contributed by atoms with Gasteiger partial charge in [-0.25, -0.2) is 0 Å². The molecule has 1 aliphatic rings. The highest BCUT2D eigenvalue weighted by molar-refractivity contribution is 5.94. The number of rotatable bonds is 4. The van der Waals surface area contributed by atoms with Crippen LogP contribution in [-0.2, 0) is 4.79 Å². The molecule has 0 spiro atoms. The van der Waals surface area contributed by atoms with Gasteiger partial charge >= 0.3 is 0 Å². The summed E-state index contributed by atoms with van der Waals surface area (Å²) >= 11 is 0. The molecule has 1 fully saturated rings. The molecule has 1 saturated heterocycles. The highest BCUT2D eigenvalue weighted by Crippen LogP contribution is 2.20. The van der Waals surface area contributed by atoms with Crippen molar-refractivity contribution in [2.75, 3.05) is 31.1 Å². The number of likely N-dealkylation sites (tertiary alicyclic amines) is 1. The second-order valence-electron chi connectivity index (χ2n) is 5.12. The average molecular weight is 248 g/mol. The van der Waals surface area contributed by atoms with Crippen molar-refractivity contribution in [1.82, 2.24) is 4.90 Å². The van der Waals surface area contributed by atoms with E-state index in [-0.39, 0.29) is 5.91 Å². The van der Waals surface area contributed by atoms with Gasteiger partial charge in [0.05, 0.1) is 12.1 Å². The lowest BCUT2D eigenvalue weighted by Crippen LogP contribution is -2.61. The van der Waals surface area contributed by atoms with E-state index in [2.05, 4.69) is 0 Å². The number of anilines is 1. The molecule has 2 rings (SSSR count). The maximum atomic E-state index is 12.2. The molecule has 0 radical (unpaired) electrons. The first-order valence-electron chi connectivity index (χ1n) is 6.32. The van der Waals surface area contributed by atoms with Crippen molar-refractivity contribution in [3.05, 3.63) is 30.3 Å². The predicted octanol–water partition coefficient (Wildman–Crippen LogP) is 1.11. The number of amides is 1. The lowest BCUT2D eigenvalue weighted by Gasteiger charge is -2.44. The Morgan fingerprint density at radius 2 is 2.00 bits per heavy atom. The van der Waals surface area contributed by atoms with E-state index in [1.807, 2.05) is 42.2 Å². The molecule has 1 amide bonds. The van der Waals surface area contributed by atoms with Gasteiger partial charge in [0.25, 0.3) is 0 Å². The Bertz CT molecular complexity index is 409. The third-order valence-electron chi connectivity index (χ3n) is 3.17. The van der Waals surface area contributed by atoms with Crippen molar-refractivity contribution in [2.24, 2.45) is 0 Å². The zero-order chi connectivity index (χ0) is 13.2. The molecule has 1 aliphatic heterocycles. The SMILES string of the molecule is CCN(C(=O)CN1CC(C)(O)C1)c1ccccc1. The number of aliphatic hydroxyl groups is 1. The summed E-state index contributed by atoms with van der Waals surface area (Å²) in [5.74, 6) is 0.0826. The second-order valence-corrected chi connectivity index (χ2v) is 5.12. The fourth-order valence-corrected chi connectivity index (χ4v) is 2.42. The molecular formula is C14H20N2O2. The number of hydrogen-bond donors (Lipinski definition) is 1. The van der Waals surface area contributed by atoms with Crippen LogP contribution in [0.2, 0.25) is 0 Å². The number of para-hydroxylation sites is 1. The maximum absolute atomic E-state index is 12.2. The second kappa shape index (κ2) is 5.08. The monoisotopic (exact) mass is 248 g/mol. The standard InChI is InChI=1S/C14H20N2O2/c1-3-16(12-7-5-4-6-8-12)13(17)9-15-10-14(2,18)11-15/h4-8,18H,3,9-11H2,1-2H3. The molecule has 0 aliphatic carbocycles. The van der Waals surface area contributed by atoms with Crippen LogP contribution in [0.15, 0.2) is 30.3 Å². The fourth-order valence-electron chi connectivity index (χ4n) is 2.42. The molecule has 18 heavy (non-hydrogen) atoms. The van der Waals surface area contributed by atoms with Crippen LogP contribution in [0.1, 0.15) is 13.8 Å². The summed E-state index contributed by atoms with van der Waals surface area (Å²) in [5, 5.41) is 9.64. The maximum Gasteiger partial charge on any atom is 0.241 e. The van der Waals surface area contributed by atoms with Gasteiger partial charge in [-0.3, -0.25) is 9.69 Å². The van der Waals surface area contributed by atoms with Crippen LogP contribution < -0.4 is 4.90 Å². The van der Waals surface area contributed by atoms with Gasteiger partial charge in [0, 0.05) is 25.3 Å². The van der Waals surface area contributed by atoms with E-state index < -0.39 is 5.60 Å². The van der Waals surface area contributed by atoms with Crippen LogP contribution in [0.3, 0.4) is 0 Å². The minimum Gasteiger partial charge on any atom is -0.388 e. The van der Waals surface area contributed by atoms with Crippen molar-refractivity contribution in [2.45, 2.75) is 19.4 Å². The van der Waals surface area contributed by atoms with Crippen LogP contribution in [-0.4, -0.2) is 47.7 Å². The van der Waals surface area contributed by atoms with Crippen molar-refractivity contribution < 1.29 is 9.90 Å². The van der Waals surface area contributed by atoms with E-state index in [1.54, 1.807) is 11.8 Å². The minimum absolute atomic E-state index is 0.0826. The molecule has 0 saturated carbocycles. The normalized spacial score (nSPS) is 18.2. The minimum atomic E-state index is -0.621. The molecule has 4 nitrogen and oxygen atoms in total. The van der Waals surface area contributed by atoms with E-state index in [4.69, 9.17) is 0 Å². The van der Waals surface area contributed by atoms with E-state index in [1.165, 1.54) is 0 Å². The Morgan fingerprint density at radius 3 is 2.50 bits per heavy atom. The predicted molar refractivity (Wildman–Crippen MR) is 71.5 cm³/mol. The van der Waals surface area contributed by atoms with E-state index in [9.17, 15) is 9.90 Å². The van der Waals surface area contributed by atoms with Gasteiger partial charge in [0.15, 0.2) is 0 Å². The molecule has 98 valence electrons. The van der Waals surface area contributed by atoms with Gasteiger partial charge in [-0.1, -0.05) is 18.2 Å². The molecule has 4 heteroatoms. The van der Waals surface area contributed by atoms with Crippen LogP contribution in [0.25, 0.3) is 0 Å². The van der Waals surface area contributed by atoms with Gasteiger partial charge in [-0.15, -0.1) is 0 Å². The molecule has 1 aromatic rings. The van der Waals surface area contributed by atoms with E-state index >= 15 is 0 Å². The van der Waals surface area contributed by atoms with Crippen LogP contribution in [0, 0.1) is 0 Å². The lowest BCUT2D eigenvalue weighted by molar-refractivity contribution is -0.127. The Labute approximate surface area is 108 Å². The van der Waals surface area contributed by atoms with Crippen LogP contribution >= 0.6 is 0 Å². The smallest absolute Gasteiger partial charge is 0.241 e. The average Bonchev–Trinajstić information content (AvgIpc) is 2.29. The number of carbonyl (C=O) groups excluding carboxylic acids is 1. The number of likely N-dealkylation sites (N-methyl/N-ethyl adjacent to an activating group) is 1. The third kappa shape index (κ3) is 2.89. The summed E-state index contributed by atoms with van der Waals surface area (Å²) in [6.07, 6.45) is 0. The zero-order valence-electron chi connectivity index (χ0n) is 11.0. The topological polar surface area (TPSA) is 43.8 Å². The van der Waals surface area contributed by atoms with E-state index in [0.717, 1.165) is 5.69 Å². The first kappa shape index (κ1) is 13.1. The Kier molecular flexibility index (Phi) is 3.68. The van der Waals surface area contributed by atoms with Gasteiger partial charge in [0.1, 0.15) is 0 Å². The molecule has 1 aromatic carbocycles. The molecule has 0 atom stereocenters. The van der Waals surface area contributed by atoms with Crippen LogP contribution in [0.5, 0.6) is 0 Å². The number of nitrogens with zero attached hydrogens (tertiary/aromatic N) is 2. The molecule has 0 bridgehead atoms. The summed E-state index contributed by atoms with van der Waals surface area (Å²) < 4.78 is 0. The fraction of sp³-hybridized carbons (Fsp3) is 0.500. The number of benzene rings is 1. The summed E-state index contributed by atoms with van der Waals surface area (Å²) in [4.78, 5) is 15.9. The Balaban J connectivity index is 1.95. The van der Waals surface area contributed by atoms with Gasteiger partial charge in [-0.05, 0) is 26.0 Å². The number of hydrogen-bond acceptors (Lipinski definition) is 3. The summed E-state index contributed by atoms with van der Waals surface area (Å²) in [7, 11) is 0. The summed E-state index contributed by atoms with van der Waals surface area (Å²) in [5.41, 5.74) is 0.307. The van der Waals surface area contributed by atoms with E-state index in [0.29, 0.717) is 26.2 Å². The van der Waals surface area contributed by atoms with Crippen LogP contribution in [0.4, 0.5) is 5.69 Å². The van der Waals surface area contributed by atoms with Crippen molar-refractivity contribution in [3.8, 4) is 0 Å². The zero-order valence-corrected chi connectivity index (χ0v) is 11.0. The first-order valence-corrected chi connectivity index (χ1v) is 6.32. The van der Waals surface area contributed by atoms with Gasteiger partial charge in [-0.2, -0.15) is 0 Å². The number of β-amino-alcohol motifs (C(OH)–C–C–N with tert-alkyl or cyclic N) is 1. The number of carbonyl (C=O) groups is 1. The van der Waals surface area contributed by atoms with Crippen molar-refractivity contribution in [3.63, 3.8) is 0 Å². The van der Waals surface area contributed by atoms with Crippen molar-refractivity contribution >= 4 is 11.6 Å². The quantitative estimate of drug-likeness (QED) is 0.868. The van der Waals surface area contributed by atoms with Gasteiger partial charge in [0.2, 0.25) is 5.91 Å². The molecule has 0 aromatic heterocycles. The highest BCUT2D eigenvalue weighted by atomic mass is 16.3. The summed E-state index contributed by atoms with van der Waals surface area (Å²) in [6.45, 7) is 5.95. The third-order valence-corrected chi connectivity index (χ3v) is 3.17. The molecular weight excluding hydrogens is 228 g/mol. The molecule has 1 heterocycles. The molecule has 1 N–H and O–H groups in total. The molecule has 0 unspecified atom stereocenters. The largest absolute Gasteiger partial charge is 0.388 e. The lowest BCUT2D eigenvalue weighted by atomic mass is 9.97. The Hall–Kier alpha value is -1.39. The first-order chi connectivity index (χ1) is 8.52.